The average molecular weight is 512 g/mol. The first-order valence-electron chi connectivity index (χ1n) is 12.1. The van der Waals surface area contributed by atoms with E-state index < -0.39 is 58.0 Å². The summed E-state index contributed by atoms with van der Waals surface area (Å²) in [7, 11) is 5.04. The number of primary amides is 1. The van der Waals surface area contributed by atoms with Crippen molar-refractivity contribution in [2.45, 2.75) is 38.0 Å². The Balaban J connectivity index is 1.90. The van der Waals surface area contributed by atoms with Gasteiger partial charge in [-0.05, 0) is 58.0 Å². The van der Waals surface area contributed by atoms with Gasteiger partial charge >= 0.3 is 0 Å². The fourth-order valence-corrected chi connectivity index (χ4v) is 6.27. The molecule has 1 aromatic rings. The van der Waals surface area contributed by atoms with Crippen molar-refractivity contribution in [1.29, 1.82) is 0 Å². The van der Waals surface area contributed by atoms with E-state index in [4.69, 9.17) is 5.73 Å². The Kier molecular flexibility index (Phi) is 6.56. The van der Waals surface area contributed by atoms with Gasteiger partial charge in [0.2, 0.25) is 5.78 Å². The molecular formula is C27H33N3O7. The topological polar surface area (TPSA) is 165 Å². The number of phenols is 1. The highest BCUT2D eigenvalue weighted by Crippen LogP contribution is 2.52. The predicted octanol–water partition coefficient (Wildman–Crippen LogP) is 1.05. The van der Waals surface area contributed by atoms with Crippen LogP contribution in [-0.2, 0) is 22.6 Å². The van der Waals surface area contributed by atoms with Crippen molar-refractivity contribution >= 4 is 17.5 Å². The number of benzene rings is 1. The van der Waals surface area contributed by atoms with E-state index in [9.17, 15) is 34.8 Å². The van der Waals surface area contributed by atoms with Crippen molar-refractivity contribution in [3.8, 4) is 5.75 Å². The maximum Gasteiger partial charge on any atom is 0.255 e. The number of allylic oxidation sites excluding steroid dienone is 1. The maximum absolute atomic E-state index is 13.8. The second-order valence-corrected chi connectivity index (χ2v) is 10.5. The molecule has 0 aromatic heterocycles. The molecule has 0 bridgehead atoms. The van der Waals surface area contributed by atoms with E-state index in [1.807, 2.05) is 24.9 Å². The summed E-state index contributed by atoms with van der Waals surface area (Å²) < 4.78 is 0. The third-order valence-corrected chi connectivity index (χ3v) is 7.91. The minimum atomic E-state index is -2.64. The van der Waals surface area contributed by atoms with Crippen LogP contribution in [0.4, 0.5) is 0 Å². The number of phenolic OH excluding ortho intramolecular Hbond substituents is 1. The third-order valence-electron chi connectivity index (χ3n) is 7.91. The molecular weight excluding hydrogens is 478 g/mol. The Hall–Kier alpha value is -3.47. The number of ketones is 2. The average Bonchev–Trinajstić information content (AvgIpc) is 2.79. The van der Waals surface area contributed by atoms with E-state index in [0.717, 1.165) is 5.56 Å². The normalized spacial score (nSPS) is 27.4. The highest BCUT2D eigenvalue weighted by Gasteiger charge is 2.63. The minimum absolute atomic E-state index is 0.0304. The second-order valence-electron chi connectivity index (χ2n) is 10.5. The van der Waals surface area contributed by atoms with Gasteiger partial charge in [-0.3, -0.25) is 24.2 Å². The molecule has 0 unspecified atom stereocenters. The molecule has 0 fully saturated rings. The fraction of sp³-hybridized carbons (Fsp3) is 0.444. The number of rotatable bonds is 6. The molecule has 0 spiro atoms. The Morgan fingerprint density at radius 2 is 1.89 bits per heavy atom. The van der Waals surface area contributed by atoms with Gasteiger partial charge in [-0.2, -0.15) is 0 Å². The molecule has 37 heavy (non-hydrogen) atoms. The number of hydrogen-bond donors (Lipinski definition) is 5. The molecule has 4 rings (SSSR count). The Bertz CT molecular complexity index is 1300. The monoisotopic (exact) mass is 511 g/mol. The Labute approximate surface area is 215 Å². The van der Waals surface area contributed by atoms with Gasteiger partial charge in [-0.1, -0.05) is 12.1 Å². The van der Waals surface area contributed by atoms with Gasteiger partial charge in [-0.25, -0.2) is 0 Å². The first-order valence-corrected chi connectivity index (χ1v) is 12.1. The number of aryl methyl sites for hydroxylation is 1. The molecule has 6 N–H and O–H groups in total. The van der Waals surface area contributed by atoms with Crippen LogP contribution in [0.5, 0.6) is 5.75 Å². The number of nitrogens with zero attached hydrogens (tertiary/aromatic N) is 2. The lowest BCUT2D eigenvalue weighted by atomic mass is 9.58. The van der Waals surface area contributed by atoms with Crippen LogP contribution < -0.4 is 5.73 Å². The summed E-state index contributed by atoms with van der Waals surface area (Å²) in [4.78, 5) is 42.7. The maximum atomic E-state index is 13.8. The molecule has 0 saturated heterocycles. The predicted molar refractivity (Wildman–Crippen MR) is 135 cm³/mol. The largest absolute Gasteiger partial charge is 0.510 e. The number of likely N-dealkylation sites (N-methyl/N-ethyl adjacent to an activating group) is 2. The molecule has 1 amide bonds. The van der Waals surface area contributed by atoms with Crippen LogP contribution in [-0.4, -0.2) is 87.0 Å². The molecule has 10 nitrogen and oxygen atoms in total. The van der Waals surface area contributed by atoms with Crippen LogP contribution in [0.3, 0.4) is 0 Å². The first kappa shape index (κ1) is 26.6. The molecule has 198 valence electrons. The van der Waals surface area contributed by atoms with Gasteiger partial charge < -0.3 is 26.2 Å². The van der Waals surface area contributed by atoms with Gasteiger partial charge in [0.1, 0.15) is 22.8 Å². The number of aromatic hydroxyl groups is 1. The lowest BCUT2D eigenvalue weighted by molar-refractivity contribution is -0.148. The molecule has 10 heteroatoms. The molecule has 3 aliphatic rings. The number of nitrogens with two attached hydrogens (primary N) is 1. The zero-order valence-corrected chi connectivity index (χ0v) is 21.4. The van der Waals surface area contributed by atoms with Crippen molar-refractivity contribution in [1.82, 2.24) is 9.80 Å². The summed E-state index contributed by atoms with van der Waals surface area (Å²) in [6.07, 6.45) is 2.06. The van der Waals surface area contributed by atoms with E-state index in [-0.39, 0.29) is 29.7 Å². The Morgan fingerprint density at radius 1 is 1.24 bits per heavy atom. The van der Waals surface area contributed by atoms with Crippen molar-refractivity contribution < 1.29 is 34.8 Å². The van der Waals surface area contributed by atoms with Gasteiger partial charge in [0, 0.05) is 30.1 Å². The van der Waals surface area contributed by atoms with E-state index >= 15 is 0 Å². The quantitative estimate of drug-likeness (QED) is 0.277. The standard InChI is InChI=1S/C27H33N3O7/c1-6-7-30(5)11-14-8-12(2)15-9-13-10-16-20(29(3)4)23(33)19(26(28)36)25(35)27(16,37)24(34)17(13)22(32)18(15)21(14)31/h6,8,13,16,20,31,33-34,37H,1,7,9-11H2,2-5H3,(H2,28,36)/t13-,16-,20-,27-/m0/s1. The molecule has 4 atom stereocenters. The fourth-order valence-electron chi connectivity index (χ4n) is 6.27. The van der Waals surface area contributed by atoms with Crippen molar-refractivity contribution in [3.05, 3.63) is 63.6 Å². The summed E-state index contributed by atoms with van der Waals surface area (Å²) >= 11 is 0. The summed E-state index contributed by atoms with van der Waals surface area (Å²) in [5.74, 6) is -6.47. The summed E-state index contributed by atoms with van der Waals surface area (Å²) in [5, 5.41) is 45.0. The highest BCUT2D eigenvalue weighted by molar-refractivity contribution is 6.24. The van der Waals surface area contributed by atoms with Gasteiger partial charge in [-0.15, -0.1) is 6.58 Å². The molecule has 0 heterocycles. The SMILES string of the molecule is C=CCN(C)Cc1cc(C)c2c(c1O)C(=O)C1=C(O)[C@]3(O)C(=O)C(C(N)=O)=C(O)[C@@H](N(C)C)[C@@H]3C[C@@H]1C2. The lowest BCUT2D eigenvalue weighted by Crippen LogP contribution is -2.63. The molecule has 0 radical (unpaired) electrons. The number of Topliss-reactive ketones (excluding diaryl/α,β-unsaturated/α-hetero) is 2. The minimum Gasteiger partial charge on any atom is -0.510 e. The molecule has 0 saturated carbocycles. The van der Waals surface area contributed by atoms with Gasteiger partial charge in [0.15, 0.2) is 11.4 Å². The number of carbonyl (C=O) groups excluding carboxylic acids is 3. The van der Waals surface area contributed by atoms with E-state index in [1.165, 1.54) is 4.90 Å². The van der Waals surface area contributed by atoms with Gasteiger partial charge in [0.05, 0.1) is 11.6 Å². The van der Waals surface area contributed by atoms with Crippen LogP contribution in [0, 0.1) is 18.8 Å². The highest BCUT2D eigenvalue weighted by atomic mass is 16.3. The number of fused-ring (bicyclic) bond motifs is 3. The molecule has 1 aromatic carbocycles. The molecule has 3 aliphatic carbocycles. The number of carbonyl (C=O) groups is 3. The summed E-state index contributed by atoms with van der Waals surface area (Å²) in [5.41, 5.74) is 3.71. The van der Waals surface area contributed by atoms with Crippen LogP contribution in [0.1, 0.15) is 33.5 Å². The number of hydrogen-bond acceptors (Lipinski definition) is 9. The number of aliphatic hydroxyl groups is 3. The molecule has 0 aliphatic heterocycles. The van der Waals surface area contributed by atoms with Crippen LogP contribution in [0.15, 0.2) is 41.4 Å². The summed E-state index contributed by atoms with van der Waals surface area (Å²) in [6, 6.07) is 0.817. The number of amides is 1. The van der Waals surface area contributed by atoms with Crippen molar-refractivity contribution in [3.63, 3.8) is 0 Å². The summed E-state index contributed by atoms with van der Waals surface area (Å²) in [6.45, 7) is 6.45. The van der Waals surface area contributed by atoms with Crippen LogP contribution in [0.2, 0.25) is 0 Å². The van der Waals surface area contributed by atoms with E-state index in [2.05, 4.69) is 6.58 Å². The van der Waals surface area contributed by atoms with Crippen molar-refractivity contribution in [2.24, 2.45) is 17.6 Å². The zero-order chi connectivity index (χ0) is 27.6. The third kappa shape index (κ3) is 3.78. The second kappa shape index (κ2) is 9.13. The Morgan fingerprint density at radius 3 is 2.46 bits per heavy atom. The lowest BCUT2D eigenvalue weighted by Gasteiger charge is -2.50. The van der Waals surface area contributed by atoms with Crippen LogP contribution >= 0.6 is 0 Å². The smallest absolute Gasteiger partial charge is 0.255 e. The zero-order valence-electron chi connectivity index (χ0n) is 21.4. The van der Waals surface area contributed by atoms with E-state index in [0.29, 0.717) is 24.2 Å². The van der Waals surface area contributed by atoms with Crippen LogP contribution in [0.25, 0.3) is 0 Å². The first-order chi connectivity index (χ1) is 17.3. The van der Waals surface area contributed by atoms with Crippen molar-refractivity contribution in [2.75, 3.05) is 27.7 Å². The number of aliphatic hydroxyl groups excluding tert-OH is 2. The van der Waals surface area contributed by atoms with E-state index in [1.54, 1.807) is 20.2 Å². The van der Waals surface area contributed by atoms with Gasteiger partial charge in [0.25, 0.3) is 5.91 Å².